The summed E-state index contributed by atoms with van der Waals surface area (Å²) in [6.45, 7) is 2.63. The fourth-order valence-corrected chi connectivity index (χ4v) is 1.98. The van der Waals surface area contributed by atoms with Crippen LogP contribution in [0.4, 0.5) is 13.2 Å². The lowest BCUT2D eigenvalue weighted by Gasteiger charge is -2.14. The standard InChI is InChI=1S/C13H16F3N3/c1-9-4-5-11-10(8-9)17-12(13(14,15)16)19(11)7-6-18(2)3/h4-5,8H,6-7H2,1-3H3. The van der Waals surface area contributed by atoms with Gasteiger partial charge in [-0.25, -0.2) is 4.98 Å². The summed E-state index contributed by atoms with van der Waals surface area (Å²) in [4.78, 5) is 5.59. The number of likely N-dealkylation sites (N-methyl/N-ethyl adjacent to an activating group) is 1. The first-order valence-corrected chi connectivity index (χ1v) is 5.98. The van der Waals surface area contributed by atoms with E-state index in [1.54, 1.807) is 18.2 Å². The van der Waals surface area contributed by atoms with Gasteiger partial charge in [0, 0.05) is 13.1 Å². The van der Waals surface area contributed by atoms with E-state index in [1.807, 2.05) is 25.9 Å². The van der Waals surface area contributed by atoms with Gasteiger partial charge in [-0.2, -0.15) is 13.2 Å². The number of hydrogen-bond acceptors (Lipinski definition) is 2. The third kappa shape index (κ3) is 2.89. The van der Waals surface area contributed by atoms with E-state index in [1.165, 1.54) is 4.57 Å². The summed E-state index contributed by atoms with van der Waals surface area (Å²) < 4.78 is 40.3. The zero-order valence-corrected chi connectivity index (χ0v) is 11.1. The molecule has 0 aliphatic rings. The molecule has 0 saturated heterocycles. The lowest BCUT2D eigenvalue weighted by Crippen LogP contribution is -2.22. The molecule has 2 rings (SSSR count). The highest BCUT2D eigenvalue weighted by Crippen LogP contribution is 2.31. The van der Waals surface area contributed by atoms with Crippen molar-refractivity contribution in [3.05, 3.63) is 29.6 Å². The van der Waals surface area contributed by atoms with Gasteiger partial charge in [0.1, 0.15) is 0 Å². The van der Waals surface area contributed by atoms with Gasteiger partial charge in [-0.1, -0.05) is 6.07 Å². The van der Waals surface area contributed by atoms with Crippen molar-refractivity contribution >= 4 is 11.0 Å². The summed E-state index contributed by atoms with van der Waals surface area (Å²) in [6.07, 6.45) is -4.43. The molecular formula is C13H16F3N3. The molecule has 0 fully saturated rings. The van der Waals surface area contributed by atoms with E-state index in [0.29, 0.717) is 17.6 Å². The molecule has 1 heterocycles. The monoisotopic (exact) mass is 271 g/mol. The van der Waals surface area contributed by atoms with Crippen molar-refractivity contribution in [1.29, 1.82) is 0 Å². The van der Waals surface area contributed by atoms with Crippen LogP contribution >= 0.6 is 0 Å². The Morgan fingerprint density at radius 3 is 2.53 bits per heavy atom. The van der Waals surface area contributed by atoms with Crippen molar-refractivity contribution in [3.63, 3.8) is 0 Å². The Hall–Kier alpha value is -1.56. The van der Waals surface area contributed by atoms with Crippen molar-refractivity contribution in [3.8, 4) is 0 Å². The molecule has 0 bridgehead atoms. The molecule has 0 spiro atoms. The van der Waals surface area contributed by atoms with Crippen molar-refractivity contribution in [2.24, 2.45) is 0 Å². The van der Waals surface area contributed by atoms with E-state index in [4.69, 9.17) is 0 Å². The van der Waals surface area contributed by atoms with Crippen LogP contribution in [-0.4, -0.2) is 35.1 Å². The number of halogens is 3. The first-order chi connectivity index (χ1) is 8.79. The topological polar surface area (TPSA) is 21.1 Å². The van der Waals surface area contributed by atoms with Crippen molar-refractivity contribution in [2.45, 2.75) is 19.6 Å². The number of benzene rings is 1. The summed E-state index contributed by atoms with van der Waals surface area (Å²) in [5.74, 6) is -0.824. The molecule has 2 aromatic rings. The second kappa shape index (κ2) is 4.85. The number of alkyl halides is 3. The minimum atomic E-state index is -4.43. The Kier molecular flexibility index (Phi) is 3.54. The first-order valence-electron chi connectivity index (χ1n) is 5.98. The summed E-state index contributed by atoms with van der Waals surface area (Å²) >= 11 is 0. The molecule has 0 atom stereocenters. The van der Waals surface area contributed by atoms with Gasteiger partial charge in [-0.05, 0) is 38.7 Å². The van der Waals surface area contributed by atoms with Gasteiger partial charge in [0.05, 0.1) is 11.0 Å². The molecule has 0 unspecified atom stereocenters. The molecule has 0 saturated carbocycles. The molecule has 0 amide bonds. The average Bonchev–Trinajstić information content (AvgIpc) is 2.63. The van der Waals surface area contributed by atoms with E-state index in [-0.39, 0.29) is 6.54 Å². The largest absolute Gasteiger partial charge is 0.449 e. The minimum Gasteiger partial charge on any atom is -0.319 e. The second-order valence-corrected chi connectivity index (χ2v) is 4.88. The number of nitrogens with zero attached hydrogens (tertiary/aromatic N) is 3. The highest BCUT2D eigenvalue weighted by atomic mass is 19.4. The molecular weight excluding hydrogens is 255 g/mol. The quantitative estimate of drug-likeness (QED) is 0.856. The highest BCUT2D eigenvalue weighted by Gasteiger charge is 2.37. The van der Waals surface area contributed by atoms with Gasteiger partial charge >= 0.3 is 6.18 Å². The number of imidazole rings is 1. The number of aromatic nitrogens is 2. The van der Waals surface area contributed by atoms with E-state index < -0.39 is 12.0 Å². The van der Waals surface area contributed by atoms with Crippen molar-refractivity contribution in [1.82, 2.24) is 14.5 Å². The minimum absolute atomic E-state index is 0.265. The SMILES string of the molecule is Cc1ccc2c(c1)nc(C(F)(F)F)n2CCN(C)C. The maximum Gasteiger partial charge on any atom is 0.449 e. The highest BCUT2D eigenvalue weighted by molar-refractivity contribution is 5.77. The zero-order chi connectivity index (χ0) is 14.2. The normalized spacial score (nSPS) is 12.6. The third-order valence-corrected chi connectivity index (χ3v) is 2.93. The van der Waals surface area contributed by atoms with Gasteiger partial charge in [0.2, 0.25) is 5.82 Å². The van der Waals surface area contributed by atoms with Crippen LogP contribution in [-0.2, 0) is 12.7 Å². The van der Waals surface area contributed by atoms with Crippen LogP contribution in [0.5, 0.6) is 0 Å². The molecule has 1 aromatic carbocycles. The molecule has 0 radical (unpaired) electrons. The first kappa shape index (κ1) is 13.9. The fourth-order valence-electron chi connectivity index (χ4n) is 1.98. The number of fused-ring (bicyclic) bond motifs is 1. The molecule has 0 aliphatic carbocycles. The Bertz CT molecular complexity index is 585. The predicted octanol–water partition coefficient (Wildman–Crippen LogP) is 2.93. The molecule has 0 aliphatic heterocycles. The van der Waals surface area contributed by atoms with Gasteiger partial charge in [-0.15, -0.1) is 0 Å². The van der Waals surface area contributed by atoms with Gasteiger partial charge in [0.25, 0.3) is 0 Å². The number of aryl methyl sites for hydroxylation is 1. The van der Waals surface area contributed by atoms with Crippen LogP contribution in [0.25, 0.3) is 11.0 Å². The lowest BCUT2D eigenvalue weighted by atomic mass is 10.2. The second-order valence-electron chi connectivity index (χ2n) is 4.88. The van der Waals surface area contributed by atoms with Crippen molar-refractivity contribution in [2.75, 3.05) is 20.6 Å². The van der Waals surface area contributed by atoms with Crippen LogP contribution in [0.3, 0.4) is 0 Å². The Balaban J connectivity index is 2.55. The van der Waals surface area contributed by atoms with Crippen LogP contribution in [0.15, 0.2) is 18.2 Å². The smallest absolute Gasteiger partial charge is 0.319 e. The maximum atomic E-state index is 13.0. The fraction of sp³-hybridized carbons (Fsp3) is 0.462. The van der Waals surface area contributed by atoms with E-state index in [9.17, 15) is 13.2 Å². The molecule has 3 nitrogen and oxygen atoms in total. The van der Waals surface area contributed by atoms with E-state index in [0.717, 1.165) is 5.56 Å². The van der Waals surface area contributed by atoms with Gasteiger partial charge < -0.3 is 9.47 Å². The van der Waals surface area contributed by atoms with Crippen LogP contribution in [0.2, 0.25) is 0 Å². The summed E-state index contributed by atoms with van der Waals surface area (Å²) in [5.41, 5.74) is 1.82. The third-order valence-electron chi connectivity index (χ3n) is 2.93. The maximum absolute atomic E-state index is 13.0. The zero-order valence-electron chi connectivity index (χ0n) is 11.1. The molecule has 19 heavy (non-hydrogen) atoms. The van der Waals surface area contributed by atoms with Crippen LogP contribution < -0.4 is 0 Å². The van der Waals surface area contributed by atoms with Gasteiger partial charge in [-0.3, -0.25) is 0 Å². The Morgan fingerprint density at radius 2 is 1.95 bits per heavy atom. The van der Waals surface area contributed by atoms with Crippen molar-refractivity contribution < 1.29 is 13.2 Å². The number of rotatable bonds is 3. The molecule has 1 aromatic heterocycles. The van der Waals surface area contributed by atoms with E-state index in [2.05, 4.69) is 4.98 Å². The summed E-state index contributed by atoms with van der Waals surface area (Å²) in [7, 11) is 3.66. The summed E-state index contributed by atoms with van der Waals surface area (Å²) in [5, 5.41) is 0. The number of hydrogen-bond donors (Lipinski definition) is 0. The van der Waals surface area contributed by atoms with Crippen LogP contribution in [0, 0.1) is 6.92 Å². The summed E-state index contributed by atoms with van der Waals surface area (Å²) in [6, 6.07) is 5.18. The Morgan fingerprint density at radius 1 is 1.26 bits per heavy atom. The predicted molar refractivity (Wildman–Crippen MR) is 68.0 cm³/mol. The molecule has 0 N–H and O–H groups in total. The Labute approximate surface area is 109 Å². The molecule has 6 heteroatoms. The van der Waals surface area contributed by atoms with E-state index >= 15 is 0 Å². The average molecular weight is 271 g/mol. The van der Waals surface area contributed by atoms with Gasteiger partial charge in [0.15, 0.2) is 0 Å². The van der Waals surface area contributed by atoms with Crippen LogP contribution in [0.1, 0.15) is 11.4 Å². The molecule has 104 valence electrons. The lowest BCUT2D eigenvalue weighted by molar-refractivity contribution is -0.147.